The van der Waals surface area contributed by atoms with Gasteiger partial charge < -0.3 is 5.11 Å². The molecule has 0 amide bonds. The zero-order valence-electron chi connectivity index (χ0n) is 6.39. The largest absolute Gasteiger partial charge is 0.391 e. The van der Waals surface area contributed by atoms with E-state index in [0.29, 0.717) is 5.92 Å². The van der Waals surface area contributed by atoms with Gasteiger partial charge in [-0.15, -0.1) is 11.6 Å². The zero-order valence-corrected chi connectivity index (χ0v) is 7.14. The summed E-state index contributed by atoms with van der Waals surface area (Å²) >= 11 is 5.76. The molecular weight excluding hydrogens is 148 g/mol. The average Bonchev–Trinajstić information content (AvgIpc) is 2.36. The van der Waals surface area contributed by atoms with Gasteiger partial charge in [-0.25, -0.2) is 0 Å². The minimum atomic E-state index is -0.274. The first-order valence-corrected chi connectivity index (χ1v) is 4.47. The maximum absolute atomic E-state index is 9.49. The van der Waals surface area contributed by atoms with Crippen molar-refractivity contribution in [1.29, 1.82) is 0 Å². The molecule has 1 rings (SSSR count). The lowest BCUT2D eigenvalue weighted by Crippen LogP contribution is -2.25. The van der Waals surface area contributed by atoms with E-state index in [1.165, 1.54) is 12.8 Å². The van der Waals surface area contributed by atoms with Gasteiger partial charge in [-0.3, -0.25) is 0 Å². The molecule has 1 N–H and O–H groups in total. The fraction of sp³-hybridized carbons (Fsp3) is 1.00. The van der Waals surface area contributed by atoms with Gasteiger partial charge in [0.1, 0.15) is 0 Å². The van der Waals surface area contributed by atoms with Gasteiger partial charge in [0.25, 0.3) is 0 Å². The summed E-state index contributed by atoms with van der Waals surface area (Å²) in [7, 11) is 0. The Hall–Kier alpha value is 0.250. The Bertz CT molecular complexity index is 97.4. The molecule has 10 heavy (non-hydrogen) atoms. The molecule has 2 heteroatoms. The maximum atomic E-state index is 9.49. The van der Waals surface area contributed by atoms with Crippen molar-refractivity contribution in [3.8, 4) is 0 Å². The third-order valence-corrected chi connectivity index (χ3v) is 2.61. The standard InChI is InChI=1S/C8H15ClO/c1-6(9)8(10)7-4-2-3-5-7/h6-8,10H,2-5H2,1H3. The lowest BCUT2D eigenvalue weighted by Gasteiger charge is -2.19. The van der Waals surface area contributed by atoms with Gasteiger partial charge in [-0.2, -0.15) is 0 Å². The number of rotatable bonds is 2. The monoisotopic (exact) mass is 162 g/mol. The van der Waals surface area contributed by atoms with Gasteiger partial charge in [-0.05, 0) is 25.7 Å². The Kier molecular flexibility index (Phi) is 2.99. The number of aliphatic hydroxyl groups is 1. The van der Waals surface area contributed by atoms with Crippen molar-refractivity contribution in [1.82, 2.24) is 0 Å². The summed E-state index contributed by atoms with van der Waals surface area (Å²) in [5.74, 6) is 0.479. The molecule has 2 unspecified atom stereocenters. The van der Waals surface area contributed by atoms with Crippen LogP contribution in [-0.4, -0.2) is 16.6 Å². The maximum Gasteiger partial charge on any atom is 0.0729 e. The van der Waals surface area contributed by atoms with Crippen molar-refractivity contribution < 1.29 is 5.11 Å². The van der Waals surface area contributed by atoms with Crippen LogP contribution in [0.25, 0.3) is 0 Å². The highest BCUT2D eigenvalue weighted by atomic mass is 35.5. The quantitative estimate of drug-likeness (QED) is 0.618. The Balaban J connectivity index is 2.32. The van der Waals surface area contributed by atoms with Crippen molar-refractivity contribution in [3.05, 3.63) is 0 Å². The van der Waals surface area contributed by atoms with E-state index in [2.05, 4.69) is 0 Å². The number of hydrogen-bond donors (Lipinski definition) is 1. The normalized spacial score (nSPS) is 26.7. The molecule has 1 nitrogen and oxygen atoms in total. The first-order chi connectivity index (χ1) is 4.72. The summed E-state index contributed by atoms with van der Waals surface area (Å²) in [5.41, 5.74) is 0. The van der Waals surface area contributed by atoms with E-state index in [-0.39, 0.29) is 11.5 Å². The van der Waals surface area contributed by atoms with Crippen LogP contribution in [0.5, 0.6) is 0 Å². The van der Waals surface area contributed by atoms with Crippen molar-refractivity contribution in [3.63, 3.8) is 0 Å². The van der Waals surface area contributed by atoms with Crippen LogP contribution < -0.4 is 0 Å². The van der Waals surface area contributed by atoms with Crippen LogP contribution in [0.4, 0.5) is 0 Å². The Morgan fingerprint density at radius 1 is 1.40 bits per heavy atom. The third-order valence-electron chi connectivity index (χ3n) is 2.35. The molecule has 0 radical (unpaired) electrons. The second kappa shape index (κ2) is 3.59. The van der Waals surface area contributed by atoms with Crippen LogP contribution in [0.2, 0.25) is 0 Å². The van der Waals surface area contributed by atoms with E-state index in [9.17, 15) is 5.11 Å². The predicted octanol–water partition coefficient (Wildman–Crippen LogP) is 2.16. The summed E-state index contributed by atoms with van der Waals surface area (Å²) in [6.07, 6.45) is 4.59. The van der Waals surface area contributed by atoms with E-state index in [1.54, 1.807) is 0 Å². The van der Waals surface area contributed by atoms with Gasteiger partial charge in [-0.1, -0.05) is 12.8 Å². The van der Waals surface area contributed by atoms with Crippen LogP contribution >= 0.6 is 11.6 Å². The fourth-order valence-corrected chi connectivity index (χ4v) is 1.88. The number of hydrogen-bond acceptors (Lipinski definition) is 1. The summed E-state index contributed by atoms with van der Waals surface area (Å²) in [4.78, 5) is 0. The molecule has 2 atom stereocenters. The molecule has 60 valence electrons. The molecule has 0 heterocycles. The summed E-state index contributed by atoms with van der Waals surface area (Å²) in [5, 5.41) is 9.41. The SMILES string of the molecule is CC(Cl)C(O)C1CCCC1. The van der Waals surface area contributed by atoms with Gasteiger partial charge in [0.05, 0.1) is 11.5 Å². The van der Waals surface area contributed by atoms with E-state index in [1.807, 2.05) is 6.92 Å². The van der Waals surface area contributed by atoms with Gasteiger partial charge in [0.15, 0.2) is 0 Å². The Morgan fingerprint density at radius 3 is 2.30 bits per heavy atom. The number of aliphatic hydroxyl groups excluding tert-OH is 1. The number of alkyl halides is 1. The minimum Gasteiger partial charge on any atom is -0.391 e. The highest BCUT2D eigenvalue weighted by Crippen LogP contribution is 2.29. The molecule has 1 saturated carbocycles. The molecular formula is C8H15ClO. The molecule has 0 spiro atoms. The van der Waals surface area contributed by atoms with Crippen LogP contribution in [0.15, 0.2) is 0 Å². The minimum absolute atomic E-state index is 0.0805. The van der Waals surface area contributed by atoms with Crippen molar-refractivity contribution in [2.24, 2.45) is 5.92 Å². The van der Waals surface area contributed by atoms with Gasteiger partial charge in [0, 0.05) is 0 Å². The summed E-state index contributed by atoms with van der Waals surface area (Å²) in [6.45, 7) is 1.87. The lowest BCUT2D eigenvalue weighted by molar-refractivity contribution is 0.110. The van der Waals surface area contributed by atoms with Crippen LogP contribution in [0.3, 0.4) is 0 Å². The zero-order chi connectivity index (χ0) is 7.56. The molecule has 1 fully saturated rings. The third kappa shape index (κ3) is 1.86. The summed E-state index contributed by atoms with van der Waals surface area (Å²) in [6, 6.07) is 0. The first kappa shape index (κ1) is 8.35. The number of halogens is 1. The molecule has 0 aromatic heterocycles. The molecule has 0 aromatic rings. The van der Waals surface area contributed by atoms with Crippen molar-refractivity contribution in [2.45, 2.75) is 44.1 Å². The molecule has 0 saturated heterocycles. The Labute approximate surface area is 67.4 Å². The first-order valence-electron chi connectivity index (χ1n) is 4.04. The topological polar surface area (TPSA) is 20.2 Å². The molecule has 1 aliphatic carbocycles. The molecule has 0 bridgehead atoms. The van der Waals surface area contributed by atoms with E-state index in [0.717, 1.165) is 12.8 Å². The van der Waals surface area contributed by atoms with E-state index >= 15 is 0 Å². The predicted molar refractivity (Wildman–Crippen MR) is 43.3 cm³/mol. The lowest BCUT2D eigenvalue weighted by atomic mass is 9.99. The van der Waals surface area contributed by atoms with Crippen LogP contribution in [0, 0.1) is 5.92 Å². The Morgan fingerprint density at radius 2 is 1.90 bits per heavy atom. The highest BCUT2D eigenvalue weighted by Gasteiger charge is 2.25. The van der Waals surface area contributed by atoms with Gasteiger partial charge >= 0.3 is 0 Å². The highest BCUT2D eigenvalue weighted by molar-refractivity contribution is 6.20. The summed E-state index contributed by atoms with van der Waals surface area (Å²) < 4.78 is 0. The average molecular weight is 163 g/mol. The fourth-order valence-electron chi connectivity index (χ4n) is 1.67. The second-order valence-electron chi connectivity index (χ2n) is 3.21. The van der Waals surface area contributed by atoms with Gasteiger partial charge in [0.2, 0.25) is 0 Å². The molecule has 1 aliphatic rings. The van der Waals surface area contributed by atoms with Crippen molar-refractivity contribution >= 4 is 11.6 Å². The molecule has 0 aliphatic heterocycles. The second-order valence-corrected chi connectivity index (χ2v) is 3.90. The smallest absolute Gasteiger partial charge is 0.0729 e. The van der Waals surface area contributed by atoms with Crippen molar-refractivity contribution in [2.75, 3.05) is 0 Å². The molecule has 0 aromatic carbocycles. The van der Waals surface area contributed by atoms with Crippen LogP contribution in [-0.2, 0) is 0 Å². The van der Waals surface area contributed by atoms with Crippen LogP contribution in [0.1, 0.15) is 32.6 Å². The van der Waals surface area contributed by atoms with E-state index < -0.39 is 0 Å². The van der Waals surface area contributed by atoms with E-state index in [4.69, 9.17) is 11.6 Å².